The van der Waals surface area contributed by atoms with Gasteiger partial charge in [0.05, 0.1) is 24.8 Å². The number of amides is 1. The lowest BCUT2D eigenvalue weighted by molar-refractivity contribution is -0.119. The molecular formula is C22H25ClN2O7S. The molecule has 1 aliphatic rings. The van der Waals surface area contributed by atoms with Crippen LogP contribution in [0.5, 0.6) is 11.5 Å². The van der Waals surface area contributed by atoms with Gasteiger partial charge in [0.2, 0.25) is 10.0 Å². The number of sulfonamides is 1. The number of esters is 1. The summed E-state index contributed by atoms with van der Waals surface area (Å²) < 4.78 is 42.6. The molecule has 0 spiro atoms. The first-order valence-corrected chi connectivity index (χ1v) is 12.1. The number of rotatable bonds is 8. The van der Waals surface area contributed by atoms with Crippen molar-refractivity contribution in [2.75, 3.05) is 39.2 Å². The van der Waals surface area contributed by atoms with E-state index in [0.717, 1.165) is 19.3 Å². The molecular weight excluding hydrogens is 472 g/mol. The van der Waals surface area contributed by atoms with Gasteiger partial charge in [-0.25, -0.2) is 13.2 Å². The molecule has 1 N–H and O–H groups in total. The first-order chi connectivity index (χ1) is 15.7. The summed E-state index contributed by atoms with van der Waals surface area (Å²) in [6.07, 6.45) is 2.51. The van der Waals surface area contributed by atoms with Gasteiger partial charge >= 0.3 is 5.97 Å². The third-order valence-corrected chi connectivity index (χ3v) is 7.45. The summed E-state index contributed by atoms with van der Waals surface area (Å²) in [5, 5.41) is 2.60. The van der Waals surface area contributed by atoms with Crippen LogP contribution in [0.3, 0.4) is 0 Å². The van der Waals surface area contributed by atoms with E-state index in [2.05, 4.69) is 5.32 Å². The van der Waals surface area contributed by atoms with Crippen molar-refractivity contribution in [2.24, 2.45) is 0 Å². The van der Waals surface area contributed by atoms with Crippen LogP contribution in [0.15, 0.2) is 41.3 Å². The minimum atomic E-state index is -3.84. The molecule has 0 saturated carbocycles. The summed E-state index contributed by atoms with van der Waals surface area (Å²) in [7, 11) is -0.883. The van der Waals surface area contributed by atoms with Crippen molar-refractivity contribution >= 4 is 39.2 Å². The lowest BCUT2D eigenvalue weighted by Crippen LogP contribution is -2.35. The second kappa shape index (κ2) is 10.9. The predicted molar refractivity (Wildman–Crippen MR) is 123 cm³/mol. The highest BCUT2D eigenvalue weighted by atomic mass is 35.5. The highest BCUT2D eigenvalue weighted by molar-refractivity contribution is 7.89. The average molecular weight is 497 g/mol. The van der Waals surface area contributed by atoms with Crippen molar-refractivity contribution in [1.82, 2.24) is 4.31 Å². The van der Waals surface area contributed by atoms with Gasteiger partial charge in [-0.3, -0.25) is 4.79 Å². The first-order valence-electron chi connectivity index (χ1n) is 10.2. The molecule has 0 atom stereocenters. The van der Waals surface area contributed by atoms with E-state index in [1.54, 1.807) is 18.2 Å². The number of ether oxygens (including phenoxy) is 3. The van der Waals surface area contributed by atoms with Crippen molar-refractivity contribution in [3.63, 3.8) is 0 Å². The molecule has 0 unspecified atom stereocenters. The third kappa shape index (κ3) is 6.16. The molecule has 2 aromatic carbocycles. The van der Waals surface area contributed by atoms with Crippen LogP contribution in [0, 0.1) is 0 Å². The fourth-order valence-corrected chi connectivity index (χ4v) is 5.38. The topological polar surface area (TPSA) is 111 Å². The van der Waals surface area contributed by atoms with Gasteiger partial charge in [0.25, 0.3) is 5.91 Å². The van der Waals surface area contributed by atoms with E-state index in [4.69, 9.17) is 25.8 Å². The highest BCUT2D eigenvalue weighted by Gasteiger charge is 2.29. The molecule has 0 aromatic heterocycles. The Morgan fingerprint density at radius 2 is 1.64 bits per heavy atom. The van der Waals surface area contributed by atoms with E-state index in [9.17, 15) is 18.0 Å². The first kappa shape index (κ1) is 24.8. The summed E-state index contributed by atoms with van der Waals surface area (Å²) in [5.74, 6) is -0.482. The van der Waals surface area contributed by atoms with Crippen LogP contribution >= 0.6 is 11.6 Å². The quantitative estimate of drug-likeness (QED) is 0.558. The fourth-order valence-electron chi connectivity index (χ4n) is 3.36. The van der Waals surface area contributed by atoms with Gasteiger partial charge in [-0.1, -0.05) is 18.0 Å². The van der Waals surface area contributed by atoms with Crippen molar-refractivity contribution in [3.8, 4) is 11.5 Å². The molecule has 11 heteroatoms. The second-order valence-electron chi connectivity index (χ2n) is 7.34. The Balaban J connectivity index is 1.67. The van der Waals surface area contributed by atoms with Crippen LogP contribution in [0.1, 0.15) is 29.6 Å². The van der Waals surface area contributed by atoms with Crippen molar-refractivity contribution in [3.05, 3.63) is 47.0 Å². The zero-order chi connectivity index (χ0) is 24.0. The number of carbonyl (C=O) groups excluding carboxylic acids is 2. The number of halogens is 1. The SMILES string of the molecule is COc1cc(NC(=O)COC(=O)c2ccc(Cl)c(S(=O)(=O)N3CCCCC3)c2)cc(OC)c1. The van der Waals surface area contributed by atoms with E-state index in [-0.39, 0.29) is 15.5 Å². The highest BCUT2D eigenvalue weighted by Crippen LogP contribution is 2.28. The Labute approximate surface area is 197 Å². The number of hydrogen-bond donors (Lipinski definition) is 1. The van der Waals surface area contributed by atoms with E-state index in [1.165, 1.54) is 36.7 Å². The fraction of sp³-hybridized carbons (Fsp3) is 0.364. The number of hydrogen-bond acceptors (Lipinski definition) is 7. The number of piperidine rings is 1. The number of nitrogens with zero attached hydrogens (tertiary/aromatic N) is 1. The van der Waals surface area contributed by atoms with Crippen molar-refractivity contribution in [2.45, 2.75) is 24.2 Å². The Morgan fingerprint density at radius 1 is 1.00 bits per heavy atom. The minimum Gasteiger partial charge on any atom is -0.497 e. The van der Waals surface area contributed by atoms with Gasteiger partial charge in [0.15, 0.2) is 6.61 Å². The molecule has 2 aromatic rings. The third-order valence-electron chi connectivity index (χ3n) is 5.07. The Morgan fingerprint density at radius 3 is 2.24 bits per heavy atom. The maximum Gasteiger partial charge on any atom is 0.338 e. The van der Waals surface area contributed by atoms with E-state index in [0.29, 0.717) is 30.3 Å². The second-order valence-corrected chi connectivity index (χ2v) is 9.65. The summed E-state index contributed by atoms with van der Waals surface area (Å²) in [5.41, 5.74) is 0.375. The monoisotopic (exact) mass is 496 g/mol. The Hall–Kier alpha value is -2.82. The lowest BCUT2D eigenvalue weighted by atomic mass is 10.2. The molecule has 3 rings (SSSR count). The molecule has 1 saturated heterocycles. The van der Waals surface area contributed by atoms with Gasteiger partial charge in [-0.2, -0.15) is 4.31 Å². The van der Waals surface area contributed by atoms with Gasteiger partial charge < -0.3 is 19.5 Å². The summed E-state index contributed by atoms with van der Waals surface area (Å²) in [4.78, 5) is 24.6. The summed E-state index contributed by atoms with van der Waals surface area (Å²) in [6, 6.07) is 8.67. The van der Waals surface area contributed by atoms with Crippen molar-refractivity contribution in [1.29, 1.82) is 0 Å². The zero-order valence-corrected chi connectivity index (χ0v) is 19.9. The largest absolute Gasteiger partial charge is 0.497 e. The standard InChI is InChI=1S/C22H25ClN2O7S/c1-30-17-11-16(12-18(13-17)31-2)24-21(26)14-32-22(27)15-6-7-19(23)20(10-15)33(28,29)25-8-4-3-5-9-25/h6-7,10-13H,3-5,8-9,14H2,1-2H3,(H,24,26). The minimum absolute atomic E-state index is 0.0156. The van der Waals surface area contributed by atoms with Crippen molar-refractivity contribution < 1.29 is 32.2 Å². The van der Waals surface area contributed by atoms with E-state index < -0.39 is 28.5 Å². The molecule has 0 radical (unpaired) electrons. The molecule has 1 fully saturated rings. The maximum atomic E-state index is 13.0. The zero-order valence-electron chi connectivity index (χ0n) is 18.3. The molecule has 1 aliphatic heterocycles. The van der Waals surface area contributed by atoms with Crippen LogP contribution in [0.2, 0.25) is 5.02 Å². The lowest BCUT2D eigenvalue weighted by Gasteiger charge is -2.26. The van der Waals surface area contributed by atoms with E-state index >= 15 is 0 Å². The number of anilines is 1. The summed E-state index contributed by atoms with van der Waals surface area (Å²) >= 11 is 6.13. The molecule has 33 heavy (non-hydrogen) atoms. The number of methoxy groups -OCH3 is 2. The normalized spacial score (nSPS) is 14.4. The molecule has 0 bridgehead atoms. The number of nitrogens with one attached hydrogen (secondary N) is 1. The van der Waals surface area contributed by atoms with Gasteiger partial charge in [-0.15, -0.1) is 0 Å². The molecule has 178 valence electrons. The summed E-state index contributed by atoms with van der Waals surface area (Å²) in [6.45, 7) is 0.236. The van der Waals surface area contributed by atoms with Crippen LogP contribution in [0.4, 0.5) is 5.69 Å². The average Bonchev–Trinajstić information content (AvgIpc) is 2.82. The van der Waals surface area contributed by atoms with Crippen LogP contribution in [-0.2, 0) is 19.6 Å². The van der Waals surface area contributed by atoms with Crippen LogP contribution in [0.25, 0.3) is 0 Å². The Bertz CT molecular complexity index is 1110. The molecule has 1 heterocycles. The van der Waals surface area contributed by atoms with Gasteiger partial charge in [-0.05, 0) is 31.0 Å². The smallest absolute Gasteiger partial charge is 0.338 e. The Kier molecular flexibility index (Phi) is 8.17. The van der Waals surface area contributed by atoms with Crippen LogP contribution < -0.4 is 14.8 Å². The molecule has 0 aliphatic carbocycles. The molecule has 9 nitrogen and oxygen atoms in total. The molecule has 1 amide bonds. The van der Waals surface area contributed by atoms with Gasteiger partial charge in [0.1, 0.15) is 16.4 Å². The maximum absolute atomic E-state index is 13.0. The number of carbonyl (C=O) groups is 2. The predicted octanol–water partition coefficient (Wildman–Crippen LogP) is 3.33. The van der Waals surface area contributed by atoms with Crippen LogP contribution in [-0.4, -0.2) is 58.5 Å². The van der Waals surface area contributed by atoms with E-state index in [1.807, 2.05) is 0 Å². The van der Waals surface area contributed by atoms with Gasteiger partial charge in [0, 0.05) is 37.0 Å². The number of benzene rings is 2.